The molecule has 4 aliphatic rings. The number of hydrogen-bond acceptors (Lipinski definition) is 5. The average molecular weight is 346 g/mol. The third kappa shape index (κ3) is 2.76. The van der Waals surface area contributed by atoms with Crippen LogP contribution in [0.4, 0.5) is 0 Å². The fourth-order valence-electron chi connectivity index (χ4n) is 3.01. The first-order valence-corrected chi connectivity index (χ1v) is 9.44. The molecule has 0 bridgehead atoms. The first-order valence-electron chi connectivity index (χ1n) is 8.56. The molecule has 2 unspecified atom stereocenters. The maximum Gasteiger partial charge on any atom is 0.491 e. The number of amidine groups is 1. The molecule has 2 atom stereocenters. The summed E-state index contributed by atoms with van der Waals surface area (Å²) in [5, 5.41) is 3.81. The molecule has 4 rings (SSSR count). The van der Waals surface area contributed by atoms with E-state index in [1.54, 1.807) is 11.8 Å². The highest BCUT2D eigenvalue weighted by Gasteiger charge is 2.54. The Balaban J connectivity index is 1.48. The molecule has 0 spiro atoms. The third-order valence-electron chi connectivity index (χ3n) is 5.44. The first kappa shape index (κ1) is 16.4. The number of rotatable bonds is 2. The van der Waals surface area contributed by atoms with E-state index in [0.29, 0.717) is 0 Å². The maximum absolute atomic E-state index is 12.0. The van der Waals surface area contributed by atoms with Crippen LogP contribution in [-0.4, -0.2) is 40.7 Å². The van der Waals surface area contributed by atoms with Crippen LogP contribution in [0.1, 0.15) is 40.5 Å². The summed E-state index contributed by atoms with van der Waals surface area (Å²) in [6.45, 7) is 8.24. The molecule has 24 heavy (non-hydrogen) atoms. The predicted octanol–water partition coefficient (Wildman–Crippen LogP) is 2.48. The Kier molecular flexibility index (Phi) is 3.75. The average Bonchev–Trinajstić information content (AvgIpc) is 3.21. The number of carbonyl (C=O) groups is 1. The zero-order valence-electron chi connectivity index (χ0n) is 14.5. The van der Waals surface area contributed by atoms with E-state index in [0.717, 1.165) is 23.5 Å². The standard InChI is InChI=1S/C17H23BN2O3S/c1-16(2)17(3,4)23-18(22-16)11-6-5-7-12-13(11)24-15(19-12)20-14(21)10-8-9-10/h5-7,10,12-13H,8-9H2,1-4H3,(H,19,20,21). The lowest BCUT2D eigenvalue weighted by molar-refractivity contribution is -0.120. The summed E-state index contributed by atoms with van der Waals surface area (Å²) >= 11 is 1.60. The van der Waals surface area contributed by atoms with E-state index in [2.05, 4.69) is 50.2 Å². The lowest BCUT2D eigenvalue weighted by Crippen LogP contribution is -2.41. The molecule has 5 nitrogen and oxygen atoms in total. The second kappa shape index (κ2) is 5.48. The van der Waals surface area contributed by atoms with Crippen LogP contribution < -0.4 is 5.32 Å². The van der Waals surface area contributed by atoms with Crippen molar-refractivity contribution < 1.29 is 14.1 Å². The van der Waals surface area contributed by atoms with Gasteiger partial charge in [0.1, 0.15) is 0 Å². The molecule has 1 saturated carbocycles. The van der Waals surface area contributed by atoms with Crippen LogP contribution in [0, 0.1) is 5.92 Å². The molecule has 128 valence electrons. The molecule has 2 aliphatic carbocycles. The number of fused-ring (bicyclic) bond motifs is 1. The van der Waals surface area contributed by atoms with Gasteiger partial charge in [0.2, 0.25) is 5.91 Å². The zero-order chi connectivity index (χ0) is 17.1. The molecule has 2 heterocycles. The topological polar surface area (TPSA) is 59.9 Å². The van der Waals surface area contributed by atoms with Gasteiger partial charge in [-0.2, -0.15) is 0 Å². The quantitative estimate of drug-likeness (QED) is 0.781. The normalized spacial score (nSPS) is 33.1. The van der Waals surface area contributed by atoms with Gasteiger partial charge in [0.05, 0.1) is 22.5 Å². The van der Waals surface area contributed by atoms with Crippen molar-refractivity contribution in [3.63, 3.8) is 0 Å². The Morgan fingerprint density at radius 2 is 1.96 bits per heavy atom. The number of allylic oxidation sites excluding steroid dienone is 2. The highest BCUT2D eigenvalue weighted by molar-refractivity contribution is 8.15. The first-order chi connectivity index (χ1) is 11.3. The van der Waals surface area contributed by atoms with Crippen LogP contribution in [0.25, 0.3) is 0 Å². The molecule has 1 amide bonds. The maximum atomic E-state index is 12.0. The molecule has 7 heteroatoms. The van der Waals surface area contributed by atoms with Gasteiger partial charge in [-0.1, -0.05) is 30.0 Å². The van der Waals surface area contributed by atoms with Gasteiger partial charge in [-0.15, -0.1) is 0 Å². The Bertz CT molecular complexity index is 651. The van der Waals surface area contributed by atoms with Gasteiger partial charge in [-0.05, 0) is 46.0 Å². The predicted molar refractivity (Wildman–Crippen MR) is 96.8 cm³/mol. The summed E-state index contributed by atoms with van der Waals surface area (Å²) < 4.78 is 12.4. The van der Waals surface area contributed by atoms with Crippen LogP contribution in [-0.2, 0) is 14.1 Å². The number of nitrogens with one attached hydrogen (secondary N) is 1. The second-order valence-corrected chi connectivity index (χ2v) is 9.00. The summed E-state index contributed by atoms with van der Waals surface area (Å²) in [5.74, 6) is 0.287. The van der Waals surface area contributed by atoms with E-state index < -0.39 is 0 Å². The molecule has 2 aliphatic heterocycles. The minimum atomic E-state index is -0.367. The zero-order valence-corrected chi connectivity index (χ0v) is 15.4. The molecule has 0 aromatic rings. The number of aliphatic imine (C=N–C) groups is 1. The summed E-state index contributed by atoms with van der Waals surface area (Å²) in [6.07, 6.45) is 8.14. The van der Waals surface area contributed by atoms with Crippen molar-refractivity contribution in [3.05, 3.63) is 23.7 Å². The van der Waals surface area contributed by atoms with Crippen LogP contribution in [0.15, 0.2) is 28.7 Å². The summed E-state index contributed by atoms with van der Waals surface area (Å²) in [5.41, 5.74) is 0.371. The summed E-state index contributed by atoms with van der Waals surface area (Å²) in [7, 11) is -0.367. The molecule has 0 radical (unpaired) electrons. The van der Waals surface area contributed by atoms with Gasteiger partial charge in [-0.3, -0.25) is 9.79 Å². The number of carbonyl (C=O) groups excluding carboxylic acids is 1. The van der Waals surface area contributed by atoms with Crippen LogP contribution >= 0.6 is 11.8 Å². The Morgan fingerprint density at radius 1 is 1.29 bits per heavy atom. The van der Waals surface area contributed by atoms with E-state index >= 15 is 0 Å². The Labute approximate surface area is 147 Å². The fourth-order valence-corrected chi connectivity index (χ4v) is 4.21. The van der Waals surface area contributed by atoms with Crippen molar-refractivity contribution in [1.29, 1.82) is 0 Å². The summed E-state index contributed by atoms with van der Waals surface area (Å²) in [6, 6.07) is 0.0310. The fraction of sp³-hybridized carbons (Fsp3) is 0.647. The Hall–Kier alpha value is -1.05. The minimum Gasteiger partial charge on any atom is -0.400 e. The SMILES string of the molecule is CC1(C)OB(C2=CC=CC3N=C(NC(=O)C4CC4)SC23)OC1(C)C. The monoisotopic (exact) mass is 346 g/mol. The van der Waals surface area contributed by atoms with Gasteiger partial charge in [0.25, 0.3) is 0 Å². The molecular formula is C17H23BN2O3S. The van der Waals surface area contributed by atoms with Crippen LogP contribution in [0.2, 0.25) is 0 Å². The van der Waals surface area contributed by atoms with Crippen molar-refractivity contribution in [3.8, 4) is 0 Å². The van der Waals surface area contributed by atoms with Gasteiger partial charge in [0, 0.05) is 5.92 Å². The van der Waals surface area contributed by atoms with E-state index in [1.807, 2.05) is 6.08 Å². The van der Waals surface area contributed by atoms with E-state index in [4.69, 9.17) is 9.31 Å². The van der Waals surface area contributed by atoms with Crippen LogP contribution in [0.3, 0.4) is 0 Å². The molecule has 0 aromatic heterocycles. The molecular weight excluding hydrogens is 323 g/mol. The Morgan fingerprint density at radius 3 is 2.58 bits per heavy atom. The lowest BCUT2D eigenvalue weighted by Gasteiger charge is -2.32. The number of amides is 1. The van der Waals surface area contributed by atoms with E-state index in [9.17, 15) is 4.79 Å². The van der Waals surface area contributed by atoms with E-state index in [-0.39, 0.29) is 41.4 Å². The van der Waals surface area contributed by atoms with E-state index in [1.165, 1.54) is 0 Å². The number of thioether (sulfide) groups is 1. The highest BCUT2D eigenvalue weighted by atomic mass is 32.2. The molecule has 0 aromatic carbocycles. The summed E-state index contributed by atoms with van der Waals surface area (Å²) in [4.78, 5) is 16.7. The van der Waals surface area contributed by atoms with Gasteiger partial charge < -0.3 is 14.6 Å². The largest absolute Gasteiger partial charge is 0.491 e. The van der Waals surface area contributed by atoms with Crippen molar-refractivity contribution in [2.75, 3.05) is 0 Å². The molecule has 1 saturated heterocycles. The third-order valence-corrected chi connectivity index (χ3v) is 6.68. The molecule has 1 N–H and O–H groups in total. The smallest absolute Gasteiger partial charge is 0.400 e. The number of nitrogens with zero attached hydrogens (tertiary/aromatic N) is 1. The van der Waals surface area contributed by atoms with Gasteiger partial charge in [-0.25, -0.2) is 0 Å². The lowest BCUT2D eigenvalue weighted by atomic mass is 9.72. The van der Waals surface area contributed by atoms with Crippen molar-refractivity contribution in [2.45, 2.75) is 63.0 Å². The minimum absolute atomic E-state index is 0.0310. The van der Waals surface area contributed by atoms with Crippen molar-refractivity contribution in [2.24, 2.45) is 10.9 Å². The van der Waals surface area contributed by atoms with Gasteiger partial charge in [0.15, 0.2) is 5.17 Å². The number of hydrogen-bond donors (Lipinski definition) is 1. The highest BCUT2D eigenvalue weighted by Crippen LogP contribution is 2.43. The van der Waals surface area contributed by atoms with Crippen LogP contribution in [0.5, 0.6) is 0 Å². The second-order valence-electron chi connectivity index (χ2n) is 7.87. The van der Waals surface area contributed by atoms with Crippen molar-refractivity contribution in [1.82, 2.24) is 5.32 Å². The van der Waals surface area contributed by atoms with Gasteiger partial charge >= 0.3 is 7.12 Å². The van der Waals surface area contributed by atoms with Crippen molar-refractivity contribution >= 4 is 30.0 Å². The molecule has 2 fully saturated rings.